The smallest absolute Gasteiger partial charge is 0.322 e. The summed E-state index contributed by atoms with van der Waals surface area (Å²) in [5, 5.41) is 6.39. The van der Waals surface area contributed by atoms with Crippen molar-refractivity contribution in [1.29, 1.82) is 0 Å². The van der Waals surface area contributed by atoms with Crippen LogP contribution in [-0.4, -0.2) is 34.2 Å². The fourth-order valence-electron chi connectivity index (χ4n) is 3.34. The molecule has 1 unspecified atom stereocenters. The zero-order chi connectivity index (χ0) is 20.9. The second-order valence-corrected chi connectivity index (χ2v) is 8.06. The number of hydrogen-bond acceptors (Lipinski definition) is 5. The number of ether oxygens (including phenoxy) is 1. The molecule has 1 aliphatic rings. The second-order valence-electron chi connectivity index (χ2n) is 7.15. The standard InChI is InChI=1S/C22H21BrN4O3/c1-15-13-27(22(28)26-19-12-25-29-14-19)8-7-17(15)9-16-3-2-4-20(10-16)30-21-6-5-18(23)11-24-21/h2-6,9-12,14-15H,7-8,13H2,1H3,(H,26,28). The van der Waals surface area contributed by atoms with Crippen molar-refractivity contribution < 1.29 is 14.1 Å². The number of piperidine rings is 1. The Labute approximate surface area is 182 Å². The van der Waals surface area contributed by atoms with Gasteiger partial charge in [0.1, 0.15) is 17.7 Å². The maximum atomic E-state index is 12.4. The van der Waals surface area contributed by atoms with Crippen LogP contribution in [0.2, 0.25) is 0 Å². The number of hydrogen-bond donors (Lipinski definition) is 1. The average Bonchev–Trinajstić information content (AvgIpc) is 3.24. The molecule has 1 fully saturated rings. The first kappa shape index (κ1) is 20.2. The van der Waals surface area contributed by atoms with Crippen molar-refractivity contribution in [3.8, 4) is 11.6 Å². The van der Waals surface area contributed by atoms with Crippen molar-refractivity contribution in [3.05, 3.63) is 70.7 Å². The average molecular weight is 469 g/mol. The van der Waals surface area contributed by atoms with Gasteiger partial charge in [-0.05, 0) is 52.0 Å². The van der Waals surface area contributed by atoms with Gasteiger partial charge in [-0.25, -0.2) is 9.78 Å². The van der Waals surface area contributed by atoms with Crippen LogP contribution in [0.3, 0.4) is 0 Å². The van der Waals surface area contributed by atoms with Crippen LogP contribution in [0.15, 0.2) is 69.6 Å². The van der Waals surface area contributed by atoms with E-state index in [0.29, 0.717) is 24.7 Å². The van der Waals surface area contributed by atoms with Crippen LogP contribution in [0.5, 0.6) is 11.6 Å². The van der Waals surface area contributed by atoms with Gasteiger partial charge in [-0.15, -0.1) is 0 Å². The van der Waals surface area contributed by atoms with Gasteiger partial charge in [0.25, 0.3) is 0 Å². The number of benzene rings is 1. The maximum Gasteiger partial charge on any atom is 0.322 e. The Morgan fingerprint density at radius 1 is 1.33 bits per heavy atom. The Morgan fingerprint density at radius 2 is 2.23 bits per heavy atom. The van der Waals surface area contributed by atoms with Crippen LogP contribution in [0, 0.1) is 5.92 Å². The SMILES string of the molecule is CC1CN(C(=O)Nc2cnoc2)CCC1=Cc1cccc(Oc2ccc(Br)cn2)c1. The predicted molar refractivity (Wildman–Crippen MR) is 117 cm³/mol. The molecule has 0 saturated carbocycles. The van der Waals surface area contributed by atoms with Crippen LogP contribution in [0.4, 0.5) is 10.5 Å². The monoisotopic (exact) mass is 468 g/mol. The minimum absolute atomic E-state index is 0.138. The third-order valence-electron chi connectivity index (χ3n) is 4.90. The van der Waals surface area contributed by atoms with E-state index in [1.165, 1.54) is 18.0 Å². The molecule has 4 rings (SSSR count). The summed E-state index contributed by atoms with van der Waals surface area (Å²) >= 11 is 3.37. The van der Waals surface area contributed by atoms with E-state index in [0.717, 1.165) is 22.2 Å². The Bertz CT molecular complexity index is 1030. The molecule has 0 bridgehead atoms. The Hall–Kier alpha value is -3.13. The normalized spacial score (nSPS) is 17.7. The molecule has 1 aromatic carbocycles. The third-order valence-corrected chi connectivity index (χ3v) is 5.37. The van der Waals surface area contributed by atoms with Crippen LogP contribution in [0.25, 0.3) is 6.08 Å². The minimum Gasteiger partial charge on any atom is -0.439 e. The zero-order valence-corrected chi connectivity index (χ0v) is 18.0. The lowest BCUT2D eigenvalue weighted by Gasteiger charge is -2.33. The highest BCUT2D eigenvalue weighted by Gasteiger charge is 2.24. The third kappa shape index (κ3) is 5.07. The molecular weight excluding hydrogens is 448 g/mol. The number of likely N-dealkylation sites (tertiary alicyclic amines) is 1. The van der Waals surface area contributed by atoms with E-state index in [9.17, 15) is 4.79 Å². The number of aromatic nitrogens is 2. The van der Waals surface area contributed by atoms with Gasteiger partial charge in [0.15, 0.2) is 0 Å². The zero-order valence-electron chi connectivity index (χ0n) is 16.4. The maximum absolute atomic E-state index is 12.4. The van der Waals surface area contributed by atoms with Crippen molar-refractivity contribution in [2.75, 3.05) is 18.4 Å². The number of rotatable bonds is 4. The molecule has 154 valence electrons. The van der Waals surface area contributed by atoms with Crippen molar-refractivity contribution in [2.24, 2.45) is 5.92 Å². The largest absolute Gasteiger partial charge is 0.439 e. The highest BCUT2D eigenvalue weighted by molar-refractivity contribution is 9.10. The number of halogens is 1. The molecule has 3 heterocycles. The van der Waals surface area contributed by atoms with Crippen LogP contribution >= 0.6 is 15.9 Å². The predicted octanol–water partition coefficient (Wildman–Crippen LogP) is 5.58. The van der Waals surface area contributed by atoms with Crippen LogP contribution in [0.1, 0.15) is 18.9 Å². The Kier molecular flexibility index (Phi) is 6.13. The molecule has 0 spiro atoms. The lowest BCUT2D eigenvalue weighted by molar-refractivity contribution is 0.198. The molecule has 30 heavy (non-hydrogen) atoms. The number of urea groups is 1. The molecule has 8 heteroatoms. The van der Waals surface area contributed by atoms with Crippen LogP contribution in [-0.2, 0) is 0 Å². The Balaban J connectivity index is 1.40. The van der Waals surface area contributed by atoms with E-state index >= 15 is 0 Å². The van der Waals surface area contributed by atoms with E-state index in [-0.39, 0.29) is 11.9 Å². The number of amides is 2. The van der Waals surface area contributed by atoms with Crippen LogP contribution < -0.4 is 10.1 Å². The first-order valence-corrected chi connectivity index (χ1v) is 10.4. The van der Waals surface area contributed by atoms with E-state index in [1.54, 1.807) is 6.20 Å². The molecule has 0 radical (unpaired) electrons. The van der Waals surface area contributed by atoms with Gasteiger partial charge in [0, 0.05) is 29.8 Å². The molecule has 2 amide bonds. The summed E-state index contributed by atoms with van der Waals surface area (Å²) in [7, 11) is 0. The highest BCUT2D eigenvalue weighted by Crippen LogP contribution is 2.27. The summed E-state index contributed by atoms with van der Waals surface area (Å²) in [5.74, 6) is 1.53. The fourth-order valence-corrected chi connectivity index (χ4v) is 3.58. The molecule has 1 atom stereocenters. The molecule has 7 nitrogen and oxygen atoms in total. The molecular formula is C22H21BrN4O3. The van der Waals surface area contributed by atoms with Gasteiger partial charge in [-0.2, -0.15) is 0 Å². The summed E-state index contributed by atoms with van der Waals surface area (Å²) in [6, 6.07) is 11.5. The lowest BCUT2D eigenvalue weighted by atomic mass is 9.91. The van der Waals surface area contributed by atoms with Gasteiger partial charge >= 0.3 is 6.03 Å². The summed E-state index contributed by atoms with van der Waals surface area (Å²) < 4.78 is 11.5. The number of pyridine rings is 1. The molecule has 0 aliphatic carbocycles. The number of carbonyl (C=O) groups excluding carboxylic acids is 1. The molecule has 1 aliphatic heterocycles. The van der Waals surface area contributed by atoms with Gasteiger partial charge in [0.05, 0.1) is 6.20 Å². The summed E-state index contributed by atoms with van der Waals surface area (Å²) in [5.41, 5.74) is 2.93. The number of nitrogens with zero attached hydrogens (tertiary/aromatic N) is 3. The van der Waals surface area contributed by atoms with Gasteiger partial charge in [-0.3, -0.25) is 0 Å². The van der Waals surface area contributed by atoms with Gasteiger partial charge in [0.2, 0.25) is 5.88 Å². The van der Waals surface area contributed by atoms with Crippen molar-refractivity contribution >= 4 is 33.7 Å². The molecule has 2 aromatic heterocycles. The van der Waals surface area contributed by atoms with Gasteiger partial charge in [-0.1, -0.05) is 35.9 Å². The fraction of sp³-hybridized carbons (Fsp3) is 0.227. The van der Waals surface area contributed by atoms with Gasteiger partial charge < -0.3 is 19.5 Å². The van der Waals surface area contributed by atoms with E-state index < -0.39 is 0 Å². The van der Waals surface area contributed by atoms with Crippen molar-refractivity contribution in [2.45, 2.75) is 13.3 Å². The first-order chi connectivity index (χ1) is 14.6. The minimum atomic E-state index is -0.138. The Morgan fingerprint density at radius 3 is 2.97 bits per heavy atom. The first-order valence-electron chi connectivity index (χ1n) is 9.62. The lowest BCUT2D eigenvalue weighted by Crippen LogP contribution is -2.42. The highest BCUT2D eigenvalue weighted by atomic mass is 79.9. The summed E-state index contributed by atoms with van der Waals surface area (Å²) in [6.45, 7) is 3.45. The van der Waals surface area contributed by atoms with E-state index in [2.05, 4.69) is 44.4 Å². The quantitative estimate of drug-likeness (QED) is 0.540. The number of carbonyl (C=O) groups is 1. The molecule has 3 aromatic rings. The summed E-state index contributed by atoms with van der Waals surface area (Å²) in [4.78, 5) is 18.5. The summed E-state index contributed by atoms with van der Waals surface area (Å²) in [6.07, 6.45) is 7.60. The molecule has 1 saturated heterocycles. The van der Waals surface area contributed by atoms with Crippen molar-refractivity contribution in [3.63, 3.8) is 0 Å². The topological polar surface area (TPSA) is 80.5 Å². The number of nitrogens with one attached hydrogen (secondary N) is 1. The van der Waals surface area contributed by atoms with Crippen molar-refractivity contribution in [1.82, 2.24) is 15.0 Å². The second kappa shape index (κ2) is 9.13. The van der Waals surface area contributed by atoms with E-state index in [4.69, 9.17) is 9.26 Å². The molecule has 1 N–H and O–H groups in total. The number of anilines is 1. The van der Waals surface area contributed by atoms with E-state index in [1.807, 2.05) is 41.3 Å².